The molecule has 2 heterocycles. The molecule has 0 aliphatic carbocycles. The lowest BCUT2D eigenvalue weighted by Gasteiger charge is -2.18. The first-order valence-electron chi connectivity index (χ1n) is 8.94. The Morgan fingerprint density at radius 1 is 1.21 bits per heavy atom. The van der Waals surface area contributed by atoms with Gasteiger partial charge in [0, 0.05) is 10.6 Å². The minimum Gasteiger partial charge on any atom is -0.486 e. The largest absolute Gasteiger partial charge is 0.486 e. The van der Waals surface area contributed by atoms with Gasteiger partial charge in [0.25, 0.3) is 0 Å². The van der Waals surface area contributed by atoms with Gasteiger partial charge in [0.15, 0.2) is 23.1 Å². The molecule has 0 spiro atoms. The molecule has 0 saturated heterocycles. The number of benzene rings is 2. The molecule has 1 N–H and O–H groups in total. The summed E-state index contributed by atoms with van der Waals surface area (Å²) in [5.74, 6) is 2.72. The van der Waals surface area contributed by atoms with Gasteiger partial charge in [-0.3, -0.25) is 9.89 Å². The highest BCUT2D eigenvalue weighted by molar-refractivity contribution is 7.99. The molecule has 1 aliphatic rings. The standard InChI is InChI=1S/C20H18ClN3O4S/c1-12-8-14(3-4-15(12)21)28-10-19-22-20(24-23-19)29-11-16(25)13-2-5-17-18(9-13)27-7-6-26-17/h2-5,8-9H,6-7,10-11H2,1H3,(H,22,23,24). The summed E-state index contributed by atoms with van der Waals surface area (Å²) in [5.41, 5.74) is 1.51. The smallest absolute Gasteiger partial charge is 0.208 e. The van der Waals surface area contributed by atoms with Crippen LogP contribution >= 0.6 is 23.4 Å². The zero-order valence-corrected chi connectivity index (χ0v) is 17.2. The molecule has 0 fully saturated rings. The predicted molar refractivity (Wildman–Crippen MR) is 109 cm³/mol. The highest BCUT2D eigenvalue weighted by atomic mass is 35.5. The summed E-state index contributed by atoms with van der Waals surface area (Å²) in [4.78, 5) is 16.8. The Labute approximate surface area is 176 Å². The molecule has 7 nitrogen and oxygen atoms in total. The van der Waals surface area contributed by atoms with Gasteiger partial charge in [-0.2, -0.15) is 0 Å². The van der Waals surface area contributed by atoms with Crippen LogP contribution in [0.2, 0.25) is 5.02 Å². The van der Waals surface area contributed by atoms with Gasteiger partial charge in [-0.1, -0.05) is 23.4 Å². The summed E-state index contributed by atoms with van der Waals surface area (Å²) < 4.78 is 16.7. The van der Waals surface area contributed by atoms with Crippen LogP contribution in [0.15, 0.2) is 41.6 Å². The van der Waals surface area contributed by atoms with Crippen molar-refractivity contribution in [3.05, 3.63) is 58.4 Å². The Bertz CT molecular complexity index is 1040. The fourth-order valence-corrected chi connectivity index (χ4v) is 3.53. The molecule has 9 heteroatoms. The average molecular weight is 432 g/mol. The number of aryl methyl sites for hydroxylation is 1. The molecule has 0 bridgehead atoms. The lowest BCUT2D eigenvalue weighted by molar-refractivity contribution is 0.102. The van der Waals surface area contributed by atoms with E-state index in [1.807, 2.05) is 13.0 Å². The predicted octanol–water partition coefficient (Wildman–Crippen LogP) is 4.09. The summed E-state index contributed by atoms with van der Waals surface area (Å²) in [6.45, 7) is 3.16. The first-order chi connectivity index (χ1) is 14.1. The third kappa shape index (κ3) is 4.83. The number of carbonyl (C=O) groups is 1. The number of hydrogen-bond acceptors (Lipinski definition) is 7. The molecule has 150 valence electrons. The first kappa shape index (κ1) is 19.6. The molecule has 4 rings (SSSR count). The Morgan fingerprint density at radius 2 is 2.03 bits per heavy atom. The molecule has 0 radical (unpaired) electrons. The summed E-state index contributed by atoms with van der Waals surface area (Å²) in [5, 5.41) is 8.13. The number of Topliss-reactive ketones (excluding diaryl/α,β-unsaturated/α-hetero) is 1. The third-order valence-electron chi connectivity index (χ3n) is 4.21. The Balaban J connectivity index is 1.31. The van der Waals surface area contributed by atoms with Crippen LogP contribution in [0, 0.1) is 6.92 Å². The van der Waals surface area contributed by atoms with Crippen molar-refractivity contribution in [2.24, 2.45) is 0 Å². The average Bonchev–Trinajstić information content (AvgIpc) is 3.20. The number of thioether (sulfide) groups is 1. The Kier molecular flexibility index (Phi) is 5.92. The van der Waals surface area contributed by atoms with Crippen molar-refractivity contribution >= 4 is 29.1 Å². The Morgan fingerprint density at radius 3 is 2.86 bits per heavy atom. The van der Waals surface area contributed by atoms with Crippen LogP contribution in [0.5, 0.6) is 17.2 Å². The normalized spacial score (nSPS) is 12.6. The second kappa shape index (κ2) is 8.75. The number of carbonyl (C=O) groups excluding carboxylic acids is 1. The monoisotopic (exact) mass is 431 g/mol. The van der Waals surface area contributed by atoms with E-state index in [0.717, 1.165) is 5.56 Å². The van der Waals surface area contributed by atoms with Gasteiger partial charge in [-0.15, -0.1) is 5.10 Å². The molecule has 0 saturated carbocycles. The number of rotatable bonds is 7. The van der Waals surface area contributed by atoms with Crippen molar-refractivity contribution in [2.75, 3.05) is 19.0 Å². The van der Waals surface area contributed by atoms with Gasteiger partial charge in [0.05, 0.1) is 5.75 Å². The van der Waals surface area contributed by atoms with Gasteiger partial charge < -0.3 is 14.2 Å². The number of nitrogens with zero attached hydrogens (tertiary/aromatic N) is 2. The molecule has 0 amide bonds. The fourth-order valence-electron chi connectivity index (χ4n) is 2.70. The number of aromatic amines is 1. The maximum absolute atomic E-state index is 12.5. The quantitative estimate of drug-likeness (QED) is 0.445. The van der Waals surface area contributed by atoms with Crippen LogP contribution < -0.4 is 14.2 Å². The van der Waals surface area contributed by atoms with Crippen molar-refractivity contribution in [1.82, 2.24) is 15.2 Å². The number of H-pyrrole nitrogens is 1. The number of ether oxygens (including phenoxy) is 3. The highest BCUT2D eigenvalue weighted by Crippen LogP contribution is 2.31. The Hall–Kier alpha value is -2.71. The van der Waals surface area contributed by atoms with E-state index in [0.29, 0.717) is 52.0 Å². The van der Waals surface area contributed by atoms with Crippen LogP contribution in [-0.4, -0.2) is 39.9 Å². The van der Waals surface area contributed by atoms with E-state index in [2.05, 4.69) is 15.2 Å². The van der Waals surface area contributed by atoms with Crippen molar-refractivity contribution in [2.45, 2.75) is 18.7 Å². The van der Waals surface area contributed by atoms with Crippen LogP contribution in [0.3, 0.4) is 0 Å². The SMILES string of the molecule is Cc1cc(OCc2nc(SCC(=O)c3ccc4c(c3)OCCO4)n[nH]2)ccc1Cl. The van der Waals surface area contributed by atoms with E-state index in [1.165, 1.54) is 11.8 Å². The molecule has 29 heavy (non-hydrogen) atoms. The third-order valence-corrected chi connectivity index (χ3v) is 5.48. The van der Waals surface area contributed by atoms with E-state index in [1.54, 1.807) is 30.3 Å². The van der Waals surface area contributed by atoms with Crippen molar-refractivity contribution in [1.29, 1.82) is 0 Å². The first-order valence-corrected chi connectivity index (χ1v) is 10.3. The lowest BCUT2D eigenvalue weighted by Crippen LogP contribution is -2.16. The number of aromatic nitrogens is 3. The zero-order chi connectivity index (χ0) is 20.2. The maximum Gasteiger partial charge on any atom is 0.208 e. The zero-order valence-electron chi connectivity index (χ0n) is 15.6. The van der Waals surface area contributed by atoms with Gasteiger partial charge in [0.2, 0.25) is 5.16 Å². The van der Waals surface area contributed by atoms with Gasteiger partial charge >= 0.3 is 0 Å². The van der Waals surface area contributed by atoms with Gasteiger partial charge in [-0.25, -0.2) is 4.98 Å². The molecular weight excluding hydrogens is 414 g/mol. The van der Waals surface area contributed by atoms with Crippen LogP contribution in [0.4, 0.5) is 0 Å². The van der Waals surface area contributed by atoms with E-state index < -0.39 is 0 Å². The van der Waals surface area contributed by atoms with Gasteiger partial charge in [-0.05, 0) is 48.9 Å². The number of nitrogens with one attached hydrogen (secondary N) is 1. The molecule has 1 aliphatic heterocycles. The summed E-state index contributed by atoms with van der Waals surface area (Å²) >= 11 is 7.27. The minimum absolute atomic E-state index is 0.0359. The van der Waals surface area contributed by atoms with Crippen molar-refractivity contribution in [3.63, 3.8) is 0 Å². The highest BCUT2D eigenvalue weighted by Gasteiger charge is 2.16. The van der Waals surface area contributed by atoms with E-state index >= 15 is 0 Å². The second-order valence-electron chi connectivity index (χ2n) is 6.33. The number of ketones is 1. The topological polar surface area (TPSA) is 86.3 Å². The summed E-state index contributed by atoms with van der Waals surface area (Å²) in [6, 6.07) is 10.7. The summed E-state index contributed by atoms with van der Waals surface area (Å²) in [6.07, 6.45) is 0. The fraction of sp³-hybridized carbons (Fsp3) is 0.250. The van der Waals surface area contributed by atoms with E-state index in [-0.39, 0.29) is 18.1 Å². The summed E-state index contributed by atoms with van der Waals surface area (Å²) in [7, 11) is 0. The van der Waals surface area contributed by atoms with Crippen molar-refractivity contribution < 1.29 is 19.0 Å². The molecule has 3 aromatic rings. The number of halogens is 1. The maximum atomic E-state index is 12.5. The lowest BCUT2D eigenvalue weighted by atomic mass is 10.1. The molecule has 1 aromatic heterocycles. The van der Waals surface area contributed by atoms with E-state index in [4.69, 9.17) is 25.8 Å². The van der Waals surface area contributed by atoms with E-state index in [9.17, 15) is 4.79 Å². The molecular formula is C20H18ClN3O4S. The second-order valence-corrected chi connectivity index (χ2v) is 7.68. The number of hydrogen-bond donors (Lipinski definition) is 1. The van der Waals surface area contributed by atoms with Crippen LogP contribution in [0.1, 0.15) is 21.7 Å². The number of fused-ring (bicyclic) bond motifs is 1. The van der Waals surface area contributed by atoms with Crippen LogP contribution in [0.25, 0.3) is 0 Å². The van der Waals surface area contributed by atoms with Crippen LogP contribution in [-0.2, 0) is 6.61 Å². The molecule has 0 atom stereocenters. The van der Waals surface area contributed by atoms with Gasteiger partial charge in [0.1, 0.15) is 25.6 Å². The molecule has 0 unspecified atom stereocenters. The minimum atomic E-state index is -0.0359. The molecule has 2 aromatic carbocycles. The van der Waals surface area contributed by atoms with Crippen molar-refractivity contribution in [3.8, 4) is 17.2 Å².